The molecular formula is C23H41Cl2P. The summed E-state index contributed by atoms with van der Waals surface area (Å²) in [5.41, 5.74) is 2.74. The van der Waals surface area contributed by atoms with Crippen LogP contribution in [-0.2, 0) is 0 Å². The van der Waals surface area contributed by atoms with Crippen LogP contribution in [-0.4, -0.2) is 27.2 Å². The monoisotopic (exact) mass is 418 g/mol. The van der Waals surface area contributed by atoms with Gasteiger partial charge in [-0.05, 0) is 0 Å². The normalized spacial score (nSPS) is 35.4. The summed E-state index contributed by atoms with van der Waals surface area (Å²) in [4.78, 5) is 0. The molecule has 1 heterocycles. The first-order valence-electron chi connectivity index (χ1n) is 12.0. The summed E-state index contributed by atoms with van der Waals surface area (Å²) in [5.74, 6) is 0. The molecule has 0 amide bonds. The Balaban J connectivity index is 1.88. The molecule has 0 aromatic heterocycles. The molecule has 0 N–H and O–H groups in total. The van der Waals surface area contributed by atoms with Gasteiger partial charge < -0.3 is 0 Å². The zero-order chi connectivity index (χ0) is 18.1. The fourth-order valence-corrected chi connectivity index (χ4v) is 23.0. The molecule has 0 spiro atoms. The van der Waals surface area contributed by atoms with Gasteiger partial charge >= 0.3 is 173 Å². The van der Waals surface area contributed by atoms with Crippen molar-refractivity contribution in [1.82, 2.24) is 0 Å². The third-order valence-corrected chi connectivity index (χ3v) is 22.2. The Morgan fingerprint density at radius 2 is 0.885 bits per heavy atom. The van der Waals surface area contributed by atoms with Crippen molar-refractivity contribution in [1.29, 1.82) is 0 Å². The Bertz CT molecular complexity index is 422. The van der Waals surface area contributed by atoms with Crippen LogP contribution >= 0.6 is 29.8 Å². The Hall–Kier alpha value is 1.01. The fraction of sp³-hybridized carbons (Fsp3) is 1.00. The van der Waals surface area contributed by atoms with Crippen LogP contribution in [0.15, 0.2) is 0 Å². The third kappa shape index (κ3) is 2.86. The molecule has 0 atom stereocenters. The third-order valence-electron chi connectivity index (χ3n) is 9.49. The van der Waals surface area contributed by atoms with E-state index in [1.54, 1.807) is 0 Å². The van der Waals surface area contributed by atoms with Gasteiger partial charge in [-0.1, -0.05) is 0 Å². The van der Waals surface area contributed by atoms with Gasteiger partial charge in [0.05, 0.1) is 0 Å². The number of rotatable bonds is 3. The van der Waals surface area contributed by atoms with Gasteiger partial charge in [0.15, 0.2) is 0 Å². The molecule has 0 radical (unpaired) electrons. The zero-order valence-corrected chi connectivity index (χ0v) is 19.3. The molecule has 0 bridgehead atoms. The minimum absolute atomic E-state index is 0.365. The van der Waals surface area contributed by atoms with Gasteiger partial charge in [0.2, 0.25) is 0 Å². The van der Waals surface area contributed by atoms with Crippen LogP contribution in [0.3, 0.4) is 0 Å². The van der Waals surface area contributed by atoms with Gasteiger partial charge in [0, 0.05) is 0 Å². The van der Waals surface area contributed by atoms with E-state index in [1.165, 1.54) is 115 Å². The van der Waals surface area contributed by atoms with Crippen LogP contribution in [0.1, 0.15) is 116 Å². The van der Waals surface area contributed by atoms with Crippen LogP contribution in [0.5, 0.6) is 0 Å². The van der Waals surface area contributed by atoms with Gasteiger partial charge in [-0.15, -0.1) is 0 Å². The molecule has 0 nitrogen and oxygen atoms in total. The van der Waals surface area contributed by atoms with Gasteiger partial charge in [-0.25, -0.2) is 0 Å². The molecule has 3 heteroatoms. The molecule has 26 heavy (non-hydrogen) atoms. The zero-order valence-electron chi connectivity index (χ0n) is 16.9. The summed E-state index contributed by atoms with van der Waals surface area (Å²) in [6.07, 6.45) is 27.1. The molecule has 4 aliphatic rings. The van der Waals surface area contributed by atoms with Gasteiger partial charge in [-0.3, -0.25) is 0 Å². The molecule has 0 aromatic carbocycles. The first-order valence-corrected chi connectivity index (χ1v) is 15.4. The second-order valence-electron chi connectivity index (χ2n) is 10.3. The van der Waals surface area contributed by atoms with Crippen molar-refractivity contribution in [3.8, 4) is 0 Å². The topological polar surface area (TPSA) is 0 Å². The van der Waals surface area contributed by atoms with E-state index in [2.05, 4.69) is 0 Å². The van der Waals surface area contributed by atoms with E-state index in [-0.39, 0.29) is 4.07 Å². The maximum absolute atomic E-state index is 7.68. The predicted molar refractivity (Wildman–Crippen MR) is 121 cm³/mol. The van der Waals surface area contributed by atoms with E-state index in [9.17, 15) is 0 Å². The average molecular weight is 419 g/mol. The van der Waals surface area contributed by atoms with Crippen LogP contribution in [0.25, 0.3) is 0 Å². The molecule has 0 aromatic rings. The van der Waals surface area contributed by atoms with E-state index in [1.807, 2.05) is 0 Å². The average Bonchev–Trinajstić information content (AvgIpc) is 2.70. The summed E-state index contributed by atoms with van der Waals surface area (Å²) in [5, 5.41) is 0. The van der Waals surface area contributed by atoms with Crippen molar-refractivity contribution < 1.29 is 0 Å². The first kappa shape index (κ1) is 20.3. The molecule has 4 rings (SSSR count). The Labute approximate surface area is 172 Å². The SMILES string of the molecule is ClC1(Cl)CCCCP1(C1CCCCC1)(C1CCCCC1)C1CCCCC1. The summed E-state index contributed by atoms with van der Waals surface area (Å²) < 4.78 is -0.365. The quantitative estimate of drug-likeness (QED) is 0.317. The first-order chi connectivity index (χ1) is 12.6. The number of hydrogen-bond acceptors (Lipinski definition) is 0. The van der Waals surface area contributed by atoms with E-state index < -0.39 is 6.60 Å². The summed E-state index contributed by atoms with van der Waals surface area (Å²) in [6.45, 7) is -2.25. The number of halogens is 2. The van der Waals surface area contributed by atoms with Crippen molar-refractivity contribution in [3.63, 3.8) is 0 Å². The molecule has 3 aliphatic carbocycles. The van der Waals surface area contributed by atoms with Gasteiger partial charge in [-0.2, -0.15) is 0 Å². The standard InChI is InChI=1S/C23H41Cl2P/c24-23(25)18-10-11-19-26(23,20-12-4-1-5-13-20,21-14-6-2-7-15-21)22-16-8-3-9-17-22/h20-22H,1-19H2. The Morgan fingerprint density at radius 3 is 1.23 bits per heavy atom. The van der Waals surface area contributed by atoms with Gasteiger partial charge in [0.25, 0.3) is 0 Å². The van der Waals surface area contributed by atoms with Crippen molar-refractivity contribution in [2.45, 2.75) is 137 Å². The fourth-order valence-electron chi connectivity index (χ4n) is 8.55. The molecule has 4 fully saturated rings. The van der Waals surface area contributed by atoms with Crippen molar-refractivity contribution >= 4 is 29.8 Å². The second-order valence-corrected chi connectivity index (χ2v) is 18.8. The van der Waals surface area contributed by atoms with Crippen LogP contribution in [0.2, 0.25) is 0 Å². The summed E-state index contributed by atoms with van der Waals surface area (Å²) >= 11 is 15.4. The van der Waals surface area contributed by atoms with Crippen molar-refractivity contribution in [2.24, 2.45) is 0 Å². The summed E-state index contributed by atoms with van der Waals surface area (Å²) in [7, 11) is 0. The van der Waals surface area contributed by atoms with Crippen molar-refractivity contribution in [3.05, 3.63) is 0 Å². The molecule has 1 saturated heterocycles. The van der Waals surface area contributed by atoms with Gasteiger partial charge in [0.1, 0.15) is 0 Å². The van der Waals surface area contributed by atoms with E-state index in [0.29, 0.717) is 0 Å². The molecular weight excluding hydrogens is 378 g/mol. The molecule has 0 unspecified atom stereocenters. The Morgan fingerprint density at radius 1 is 0.500 bits per heavy atom. The Kier molecular flexibility index (Phi) is 6.27. The maximum atomic E-state index is 7.68. The van der Waals surface area contributed by atoms with Crippen LogP contribution in [0.4, 0.5) is 0 Å². The van der Waals surface area contributed by atoms with E-state index >= 15 is 0 Å². The van der Waals surface area contributed by atoms with E-state index in [4.69, 9.17) is 23.2 Å². The van der Waals surface area contributed by atoms with E-state index in [0.717, 1.165) is 23.4 Å². The second kappa shape index (κ2) is 8.03. The number of alkyl halides is 2. The molecule has 3 saturated carbocycles. The van der Waals surface area contributed by atoms with Crippen LogP contribution < -0.4 is 0 Å². The minimum atomic E-state index is -2.25. The summed E-state index contributed by atoms with van der Waals surface area (Å²) in [6, 6.07) is 0. The predicted octanol–water partition coefficient (Wildman–Crippen LogP) is 8.85. The molecule has 152 valence electrons. The van der Waals surface area contributed by atoms with Crippen molar-refractivity contribution in [2.75, 3.05) is 6.16 Å². The molecule has 1 aliphatic heterocycles. The van der Waals surface area contributed by atoms with Crippen LogP contribution in [0, 0.1) is 0 Å². The number of hydrogen-bond donors (Lipinski definition) is 0.